The molecule has 0 spiro atoms. The predicted molar refractivity (Wildman–Crippen MR) is 74.3 cm³/mol. The van der Waals surface area contributed by atoms with Gasteiger partial charge in [0.2, 0.25) is 0 Å². The molecule has 3 unspecified atom stereocenters. The second-order valence-corrected chi connectivity index (χ2v) is 6.03. The first-order chi connectivity index (χ1) is 8.33. The summed E-state index contributed by atoms with van der Waals surface area (Å²) >= 11 is 0. The van der Waals surface area contributed by atoms with Gasteiger partial charge in [0, 0.05) is 18.6 Å². The molecule has 3 atom stereocenters. The highest BCUT2D eigenvalue weighted by Gasteiger charge is 2.31. The van der Waals surface area contributed by atoms with E-state index in [1.807, 2.05) is 0 Å². The summed E-state index contributed by atoms with van der Waals surface area (Å²) in [6.07, 6.45) is 9.77. The maximum atomic E-state index is 3.70. The molecule has 2 aliphatic rings. The van der Waals surface area contributed by atoms with Crippen molar-refractivity contribution in [2.24, 2.45) is 5.92 Å². The van der Waals surface area contributed by atoms with E-state index in [-0.39, 0.29) is 0 Å². The fourth-order valence-electron chi connectivity index (χ4n) is 3.59. The normalized spacial score (nSPS) is 35.3. The summed E-state index contributed by atoms with van der Waals surface area (Å²) in [4.78, 5) is 2.80. The van der Waals surface area contributed by atoms with Crippen molar-refractivity contribution < 1.29 is 0 Å². The zero-order valence-electron chi connectivity index (χ0n) is 11.8. The van der Waals surface area contributed by atoms with Crippen LogP contribution in [0, 0.1) is 5.92 Å². The van der Waals surface area contributed by atoms with E-state index in [1.165, 1.54) is 64.6 Å². The number of hydrogen-bond donors (Lipinski definition) is 1. The van der Waals surface area contributed by atoms with Gasteiger partial charge in [-0.15, -0.1) is 0 Å². The average Bonchev–Trinajstić information content (AvgIpc) is 2.85. The quantitative estimate of drug-likeness (QED) is 0.792. The van der Waals surface area contributed by atoms with E-state index in [4.69, 9.17) is 0 Å². The van der Waals surface area contributed by atoms with Crippen molar-refractivity contribution in [2.45, 2.75) is 70.9 Å². The Morgan fingerprint density at radius 1 is 1.18 bits per heavy atom. The molecule has 100 valence electrons. The molecule has 2 rings (SSSR count). The summed E-state index contributed by atoms with van der Waals surface area (Å²) in [5, 5.41) is 3.70. The van der Waals surface area contributed by atoms with E-state index in [1.54, 1.807) is 0 Å². The van der Waals surface area contributed by atoms with Gasteiger partial charge in [-0.25, -0.2) is 0 Å². The number of nitrogens with one attached hydrogen (secondary N) is 1. The average molecular weight is 238 g/mol. The Morgan fingerprint density at radius 3 is 2.82 bits per heavy atom. The molecule has 1 aliphatic carbocycles. The lowest BCUT2D eigenvalue weighted by Gasteiger charge is -2.36. The van der Waals surface area contributed by atoms with Crippen LogP contribution >= 0.6 is 0 Å². The van der Waals surface area contributed by atoms with Crippen molar-refractivity contribution in [3.05, 3.63) is 0 Å². The van der Waals surface area contributed by atoms with Gasteiger partial charge in [0.1, 0.15) is 0 Å². The van der Waals surface area contributed by atoms with Gasteiger partial charge >= 0.3 is 0 Å². The Bertz CT molecular complexity index is 217. The Labute approximate surface area is 107 Å². The second-order valence-electron chi connectivity index (χ2n) is 6.03. The molecular weight excluding hydrogens is 208 g/mol. The Hall–Kier alpha value is -0.0800. The molecule has 2 heteroatoms. The lowest BCUT2D eigenvalue weighted by atomic mass is 9.94. The highest BCUT2D eigenvalue weighted by molar-refractivity contribution is 4.88. The largest absolute Gasteiger partial charge is 0.314 e. The minimum atomic E-state index is 0.807. The number of likely N-dealkylation sites (tertiary alicyclic amines) is 1. The molecule has 2 fully saturated rings. The van der Waals surface area contributed by atoms with Crippen LogP contribution in [0.2, 0.25) is 0 Å². The van der Waals surface area contributed by atoms with Crippen molar-refractivity contribution in [2.75, 3.05) is 19.6 Å². The van der Waals surface area contributed by atoms with Gasteiger partial charge in [-0.1, -0.05) is 20.3 Å². The van der Waals surface area contributed by atoms with Gasteiger partial charge in [-0.2, -0.15) is 0 Å². The first-order valence-electron chi connectivity index (χ1n) is 7.80. The van der Waals surface area contributed by atoms with E-state index < -0.39 is 0 Å². The molecule has 0 aromatic rings. The van der Waals surface area contributed by atoms with Crippen molar-refractivity contribution in [1.29, 1.82) is 0 Å². The Morgan fingerprint density at radius 2 is 2.06 bits per heavy atom. The van der Waals surface area contributed by atoms with E-state index >= 15 is 0 Å². The van der Waals surface area contributed by atoms with Crippen molar-refractivity contribution in [1.82, 2.24) is 10.2 Å². The zero-order valence-corrected chi connectivity index (χ0v) is 11.8. The van der Waals surface area contributed by atoms with Gasteiger partial charge in [0.25, 0.3) is 0 Å². The highest BCUT2D eigenvalue weighted by Crippen LogP contribution is 2.29. The van der Waals surface area contributed by atoms with Gasteiger partial charge in [0.05, 0.1) is 0 Å². The molecule has 1 heterocycles. The third-order valence-electron chi connectivity index (χ3n) is 4.73. The maximum absolute atomic E-state index is 3.70. The van der Waals surface area contributed by atoms with E-state index in [2.05, 4.69) is 24.1 Å². The van der Waals surface area contributed by atoms with Gasteiger partial charge in [0.15, 0.2) is 0 Å². The fourth-order valence-corrected chi connectivity index (χ4v) is 3.59. The first-order valence-corrected chi connectivity index (χ1v) is 7.80. The number of rotatable bonds is 5. The molecule has 0 amide bonds. The van der Waals surface area contributed by atoms with Crippen LogP contribution < -0.4 is 5.32 Å². The predicted octanol–water partition coefficient (Wildman–Crippen LogP) is 3.03. The van der Waals surface area contributed by atoms with Crippen LogP contribution in [0.15, 0.2) is 0 Å². The zero-order chi connectivity index (χ0) is 12.1. The van der Waals surface area contributed by atoms with Crippen LogP contribution in [0.4, 0.5) is 0 Å². The van der Waals surface area contributed by atoms with E-state index in [0.29, 0.717) is 0 Å². The van der Waals surface area contributed by atoms with E-state index in [9.17, 15) is 0 Å². The van der Waals surface area contributed by atoms with Crippen molar-refractivity contribution in [3.8, 4) is 0 Å². The summed E-state index contributed by atoms with van der Waals surface area (Å²) in [7, 11) is 0. The first kappa shape index (κ1) is 13.4. The number of hydrogen-bond acceptors (Lipinski definition) is 2. The smallest absolute Gasteiger partial charge is 0.0111 e. The van der Waals surface area contributed by atoms with Crippen molar-refractivity contribution in [3.63, 3.8) is 0 Å². The summed E-state index contributed by atoms with van der Waals surface area (Å²) in [5.41, 5.74) is 0. The highest BCUT2D eigenvalue weighted by atomic mass is 15.2. The maximum Gasteiger partial charge on any atom is 0.0111 e. The second kappa shape index (κ2) is 6.75. The molecule has 1 saturated heterocycles. The Balaban J connectivity index is 1.75. The van der Waals surface area contributed by atoms with E-state index in [0.717, 1.165) is 18.0 Å². The summed E-state index contributed by atoms with van der Waals surface area (Å²) < 4.78 is 0. The SMILES string of the molecule is CCCNC1CCC(N2CCCC(CC)C2)C1. The van der Waals surface area contributed by atoms with Crippen LogP contribution in [-0.2, 0) is 0 Å². The van der Waals surface area contributed by atoms with Gasteiger partial charge in [-0.3, -0.25) is 0 Å². The summed E-state index contributed by atoms with van der Waals surface area (Å²) in [6, 6.07) is 1.70. The molecule has 2 nitrogen and oxygen atoms in total. The number of nitrogens with zero attached hydrogens (tertiary/aromatic N) is 1. The molecule has 1 saturated carbocycles. The molecule has 17 heavy (non-hydrogen) atoms. The van der Waals surface area contributed by atoms with Crippen LogP contribution in [0.5, 0.6) is 0 Å². The third kappa shape index (κ3) is 3.69. The van der Waals surface area contributed by atoms with Crippen LogP contribution in [-0.4, -0.2) is 36.6 Å². The minimum absolute atomic E-state index is 0.807. The fraction of sp³-hybridized carbons (Fsp3) is 1.00. The number of piperidine rings is 1. The van der Waals surface area contributed by atoms with Crippen LogP contribution in [0.25, 0.3) is 0 Å². The third-order valence-corrected chi connectivity index (χ3v) is 4.73. The van der Waals surface area contributed by atoms with Crippen LogP contribution in [0.1, 0.15) is 58.8 Å². The van der Waals surface area contributed by atoms with Crippen LogP contribution in [0.3, 0.4) is 0 Å². The van der Waals surface area contributed by atoms with Gasteiger partial charge in [-0.05, 0) is 57.5 Å². The minimum Gasteiger partial charge on any atom is -0.314 e. The lowest BCUT2D eigenvalue weighted by molar-refractivity contribution is 0.121. The monoisotopic (exact) mass is 238 g/mol. The molecule has 0 aromatic heterocycles. The summed E-state index contributed by atoms with van der Waals surface area (Å²) in [5.74, 6) is 0.978. The lowest BCUT2D eigenvalue weighted by Crippen LogP contribution is -2.42. The molecule has 0 bridgehead atoms. The molecule has 1 aliphatic heterocycles. The summed E-state index contributed by atoms with van der Waals surface area (Å²) in [6.45, 7) is 8.56. The van der Waals surface area contributed by atoms with Crippen molar-refractivity contribution >= 4 is 0 Å². The Kier molecular flexibility index (Phi) is 5.30. The molecule has 1 N–H and O–H groups in total. The molecule has 0 radical (unpaired) electrons. The standard InChI is InChI=1S/C15H30N2/c1-3-9-16-14-7-8-15(11-14)17-10-5-6-13(4-2)12-17/h13-16H,3-12H2,1-2H3. The van der Waals surface area contributed by atoms with Gasteiger partial charge < -0.3 is 10.2 Å². The molecular formula is C15H30N2. The molecule has 0 aromatic carbocycles. The topological polar surface area (TPSA) is 15.3 Å².